The minimum absolute atomic E-state index is 0.685. The molecule has 1 aliphatic heterocycles. The highest BCUT2D eigenvalue weighted by atomic mass is 32.1. The van der Waals surface area contributed by atoms with Gasteiger partial charge in [0.15, 0.2) is 5.13 Å². The first-order valence-corrected chi connectivity index (χ1v) is 6.04. The Bertz CT molecular complexity index is 297. The van der Waals surface area contributed by atoms with Crippen LogP contribution >= 0.6 is 11.3 Å². The second kappa shape index (κ2) is 4.28. The number of likely N-dealkylation sites (tertiary alicyclic amines) is 1. The van der Waals surface area contributed by atoms with Gasteiger partial charge in [-0.2, -0.15) is 0 Å². The van der Waals surface area contributed by atoms with E-state index >= 15 is 0 Å². The molecule has 0 saturated carbocycles. The topological polar surface area (TPSA) is 42.1 Å². The van der Waals surface area contributed by atoms with Crippen molar-refractivity contribution in [3.8, 4) is 0 Å². The molecule has 0 amide bonds. The van der Waals surface area contributed by atoms with Crippen LogP contribution in [0.1, 0.15) is 25.5 Å². The van der Waals surface area contributed by atoms with E-state index < -0.39 is 0 Å². The molecule has 1 saturated heterocycles. The molecule has 1 aromatic rings. The predicted octanol–water partition coefficient (Wildman–Crippen LogP) is 1.96. The first-order chi connectivity index (χ1) is 6.74. The minimum Gasteiger partial charge on any atom is -0.375 e. The molecule has 4 heteroatoms. The third-order valence-corrected chi connectivity index (χ3v) is 3.42. The van der Waals surface area contributed by atoms with Crippen LogP contribution in [0.15, 0.2) is 5.38 Å². The number of piperidine rings is 1. The molecule has 0 unspecified atom stereocenters. The van der Waals surface area contributed by atoms with Gasteiger partial charge in [-0.1, -0.05) is 6.92 Å². The lowest BCUT2D eigenvalue weighted by Crippen LogP contribution is -2.33. The number of thiazole rings is 1. The fourth-order valence-electron chi connectivity index (χ4n) is 2.05. The number of rotatable bonds is 2. The summed E-state index contributed by atoms with van der Waals surface area (Å²) in [5.41, 5.74) is 6.73. The van der Waals surface area contributed by atoms with Crippen LogP contribution in [0.3, 0.4) is 0 Å². The van der Waals surface area contributed by atoms with Crippen molar-refractivity contribution < 1.29 is 0 Å². The van der Waals surface area contributed by atoms with Crippen LogP contribution in [-0.4, -0.2) is 23.0 Å². The summed E-state index contributed by atoms with van der Waals surface area (Å²) in [5.74, 6) is 0.833. The number of nitrogens with two attached hydrogens (primary N) is 1. The van der Waals surface area contributed by atoms with Crippen molar-refractivity contribution in [1.29, 1.82) is 0 Å². The number of hydrogen-bond donors (Lipinski definition) is 1. The number of nitrogens with zero attached hydrogens (tertiary/aromatic N) is 2. The molecule has 1 aromatic heterocycles. The SMILES string of the molecule is C[C@@H]1CCCN(Cc2csc(N)n2)C1. The van der Waals surface area contributed by atoms with Crippen molar-refractivity contribution in [1.82, 2.24) is 9.88 Å². The molecule has 14 heavy (non-hydrogen) atoms. The van der Waals surface area contributed by atoms with Gasteiger partial charge in [0.2, 0.25) is 0 Å². The van der Waals surface area contributed by atoms with E-state index in [9.17, 15) is 0 Å². The van der Waals surface area contributed by atoms with Crippen LogP contribution in [0.5, 0.6) is 0 Å². The zero-order chi connectivity index (χ0) is 9.97. The van der Waals surface area contributed by atoms with Crippen molar-refractivity contribution in [3.63, 3.8) is 0 Å². The lowest BCUT2D eigenvalue weighted by Gasteiger charge is -2.30. The highest BCUT2D eigenvalue weighted by Crippen LogP contribution is 2.19. The van der Waals surface area contributed by atoms with E-state index in [0.717, 1.165) is 18.2 Å². The highest BCUT2D eigenvalue weighted by molar-refractivity contribution is 7.13. The van der Waals surface area contributed by atoms with Crippen molar-refractivity contribution in [2.24, 2.45) is 5.92 Å². The Labute approximate surface area is 88.9 Å². The Morgan fingerprint density at radius 3 is 3.21 bits per heavy atom. The Balaban J connectivity index is 1.90. The van der Waals surface area contributed by atoms with Gasteiger partial charge in [-0.15, -0.1) is 11.3 Å². The maximum atomic E-state index is 5.60. The molecular formula is C10H17N3S. The van der Waals surface area contributed by atoms with E-state index in [1.807, 2.05) is 0 Å². The summed E-state index contributed by atoms with van der Waals surface area (Å²) >= 11 is 1.53. The van der Waals surface area contributed by atoms with E-state index in [0.29, 0.717) is 5.13 Å². The molecule has 0 aliphatic carbocycles. The van der Waals surface area contributed by atoms with Gasteiger partial charge < -0.3 is 5.73 Å². The van der Waals surface area contributed by atoms with E-state index in [2.05, 4.69) is 22.2 Å². The molecule has 2 N–H and O–H groups in total. The molecule has 0 radical (unpaired) electrons. The number of aromatic nitrogens is 1. The van der Waals surface area contributed by atoms with Crippen molar-refractivity contribution >= 4 is 16.5 Å². The summed E-state index contributed by atoms with van der Waals surface area (Å²) in [5, 5.41) is 2.75. The van der Waals surface area contributed by atoms with Crippen LogP contribution in [0.2, 0.25) is 0 Å². The van der Waals surface area contributed by atoms with Gasteiger partial charge >= 0.3 is 0 Å². The van der Waals surface area contributed by atoms with E-state index in [-0.39, 0.29) is 0 Å². The molecule has 1 aliphatic rings. The predicted molar refractivity (Wildman–Crippen MR) is 60.2 cm³/mol. The number of hydrogen-bond acceptors (Lipinski definition) is 4. The van der Waals surface area contributed by atoms with Gasteiger partial charge in [0.1, 0.15) is 0 Å². The van der Waals surface area contributed by atoms with Crippen molar-refractivity contribution in [2.75, 3.05) is 18.8 Å². The van der Waals surface area contributed by atoms with Gasteiger partial charge in [0.05, 0.1) is 5.69 Å². The van der Waals surface area contributed by atoms with E-state index in [1.165, 1.54) is 37.3 Å². The van der Waals surface area contributed by atoms with Crippen LogP contribution in [0, 0.1) is 5.92 Å². The smallest absolute Gasteiger partial charge is 0.180 e. The maximum absolute atomic E-state index is 5.60. The van der Waals surface area contributed by atoms with Gasteiger partial charge in [0.25, 0.3) is 0 Å². The normalized spacial score (nSPS) is 23.9. The Morgan fingerprint density at radius 2 is 2.57 bits per heavy atom. The minimum atomic E-state index is 0.685. The largest absolute Gasteiger partial charge is 0.375 e. The molecule has 2 heterocycles. The average molecular weight is 211 g/mol. The van der Waals surface area contributed by atoms with Crippen LogP contribution in [0.25, 0.3) is 0 Å². The summed E-state index contributed by atoms with van der Waals surface area (Å²) < 4.78 is 0. The van der Waals surface area contributed by atoms with Gasteiger partial charge in [0, 0.05) is 18.5 Å². The van der Waals surface area contributed by atoms with Crippen molar-refractivity contribution in [3.05, 3.63) is 11.1 Å². The lowest BCUT2D eigenvalue weighted by atomic mass is 10.0. The first-order valence-electron chi connectivity index (χ1n) is 5.16. The van der Waals surface area contributed by atoms with Gasteiger partial charge in [-0.05, 0) is 25.3 Å². The fraction of sp³-hybridized carbons (Fsp3) is 0.700. The molecule has 3 nitrogen and oxygen atoms in total. The molecule has 78 valence electrons. The molecule has 1 fully saturated rings. The Hall–Kier alpha value is -0.610. The molecule has 1 atom stereocenters. The van der Waals surface area contributed by atoms with Crippen LogP contribution in [-0.2, 0) is 6.54 Å². The molecular weight excluding hydrogens is 194 g/mol. The molecule has 0 spiro atoms. The molecule has 0 aromatic carbocycles. The monoisotopic (exact) mass is 211 g/mol. The zero-order valence-electron chi connectivity index (χ0n) is 8.57. The number of nitrogen functional groups attached to an aromatic ring is 1. The molecule has 0 bridgehead atoms. The summed E-state index contributed by atoms with van der Waals surface area (Å²) in [4.78, 5) is 6.76. The Morgan fingerprint density at radius 1 is 1.71 bits per heavy atom. The third-order valence-electron chi connectivity index (χ3n) is 2.70. The molecule has 2 rings (SSSR count). The highest BCUT2D eigenvalue weighted by Gasteiger charge is 2.16. The lowest BCUT2D eigenvalue weighted by molar-refractivity contribution is 0.175. The quantitative estimate of drug-likeness (QED) is 0.813. The van der Waals surface area contributed by atoms with Gasteiger partial charge in [-0.3, -0.25) is 4.90 Å². The number of anilines is 1. The summed E-state index contributed by atoms with van der Waals surface area (Å²) in [6, 6.07) is 0. The first kappa shape index (κ1) is 9.93. The second-order valence-electron chi connectivity index (χ2n) is 4.16. The maximum Gasteiger partial charge on any atom is 0.180 e. The standard InChI is InChI=1S/C10H17N3S/c1-8-3-2-4-13(5-8)6-9-7-14-10(11)12-9/h7-8H,2-6H2,1H3,(H2,11,12)/t8-/m1/s1. The summed E-state index contributed by atoms with van der Waals surface area (Å²) in [7, 11) is 0. The van der Waals surface area contributed by atoms with Crippen LogP contribution < -0.4 is 5.73 Å². The van der Waals surface area contributed by atoms with E-state index in [4.69, 9.17) is 5.73 Å². The summed E-state index contributed by atoms with van der Waals surface area (Å²) in [6.07, 6.45) is 2.69. The zero-order valence-corrected chi connectivity index (χ0v) is 9.39. The third kappa shape index (κ3) is 2.45. The average Bonchev–Trinajstić information content (AvgIpc) is 2.51. The summed E-state index contributed by atoms with van der Waals surface area (Å²) in [6.45, 7) is 5.71. The Kier molecular flexibility index (Phi) is 3.03. The van der Waals surface area contributed by atoms with E-state index in [1.54, 1.807) is 0 Å². The fourth-order valence-corrected chi connectivity index (χ4v) is 2.61. The van der Waals surface area contributed by atoms with Crippen LogP contribution in [0.4, 0.5) is 5.13 Å². The van der Waals surface area contributed by atoms with Gasteiger partial charge in [-0.25, -0.2) is 4.98 Å². The van der Waals surface area contributed by atoms with Crippen molar-refractivity contribution in [2.45, 2.75) is 26.3 Å². The second-order valence-corrected chi connectivity index (χ2v) is 5.05.